The third-order valence-corrected chi connectivity index (χ3v) is 2.02. The van der Waals surface area contributed by atoms with Crippen molar-refractivity contribution in [3.05, 3.63) is 35.1 Å². The lowest BCUT2D eigenvalue weighted by Gasteiger charge is -2.11. The molecule has 1 aromatic rings. The van der Waals surface area contributed by atoms with Crippen LogP contribution in [0.25, 0.3) is 0 Å². The molecule has 1 rings (SSSR count). The predicted octanol–water partition coefficient (Wildman–Crippen LogP) is 3.24. The van der Waals surface area contributed by atoms with Crippen molar-refractivity contribution in [2.75, 3.05) is 0 Å². The maximum absolute atomic E-state index is 12.9. The third kappa shape index (κ3) is 2.67. The van der Waals surface area contributed by atoms with Crippen LogP contribution in [-0.4, -0.2) is 6.08 Å². The van der Waals surface area contributed by atoms with Crippen LogP contribution in [0.5, 0.6) is 0 Å². The molecule has 1 atom stereocenters. The Kier molecular flexibility index (Phi) is 3.44. The van der Waals surface area contributed by atoms with E-state index in [1.807, 2.05) is 0 Å². The Morgan fingerprint density at radius 3 is 2.50 bits per heavy atom. The number of benzene rings is 1. The maximum Gasteiger partial charge on any atom is 0.419 e. The molecule has 0 bridgehead atoms. The molecule has 0 aromatic heterocycles. The Hall–Kier alpha value is -1.68. The van der Waals surface area contributed by atoms with Crippen LogP contribution < -0.4 is 0 Å². The molecule has 0 aliphatic heterocycles. The van der Waals surface area contributed by atoms with Gasteiger partial charge in [-0.3, -0.25) is 0 Å². The van der Waals surface area contributed by atoms with Gasteiger partial charge in [0.05, 0.1) is 11.6 Å². The first-order valence-corrected chi connectivity index (χ1v) is 4.30. The fraction of sp³-hybridized carbons (Fsp3) is 0.300. The highest BCUT2D eigenvalue weighted by molar-refractivity contribution is 5.36. The normalized spacial score (nSPS) is 13.1. The second kappa shape index (κ2) is 4.45. The van der Waals surface area contributed by atoms with Crippen molar-refractivity contribution in [3.8, 4) is 0 Å². The summed E-state index contributed by atoms with van der Waals surface area (Å²) in [7, 11) is 0. The molecule has 0 saturated carbocycles. The van der Waals surface area contributed by atoms with E-state index in [-0.39, 0.29) is 5.56 Å². The van der Waals surface area contributed by atoms with Crippen LogP contribution in [0.1, 0.15) is 24.1 Å². The number of aliphatic imine (C=N–C) groups is 1. The molecule has 0 aliphatic rings. The van der Waals surface area contributed by atoms with Gasteiger partial charge in [0.2, 0.25) is 6.08 Å². The Balaban J connectivity index is 3.22. The van der Waals surface area contributed by atoms with Crippen LogP contribution in [-0.2, 0) is 11.0 Å². The highest BCUT2D eigenvalue weighted by atomic mass is 19.4. The standard InChI is InChI=1S/C10H7F4NO/c1-6(15-5-16)7-2-3-9(11)8(4-7)10(12,13)14/h2-4,6H,1H3. The minimum absolute atomic E-state index is 0.108. The number of nitrogens with zero attached hydrogens (tertiary/aromatic N) is 1. The molecule has 0 spiro atoms. The van der Waals surface area contributed by atoms with Gasteiger partial charge in [-0.2, -0.15) is 18.2 Å². The average molecular weight is 233 g/mol. The van der Waals surface area contributed by atoms with E-state index in [1.165, 1.54) is 13.0 Å². The SMILES string of the molecule is CC(N=C=O)c1ccc(F)c(C(F)(F)F)c1. The molecule has 0 fully saturated rings. The number of isocyanates is 1. The van der Waals surface area contributed by atoms with Crippen molar-refractivity contribution < 1.29 is 22.4 Å². The zero-order valence-corrected chi connectivity index (χ0v) is 8.18. The van der Waals surface area contributed by atoms with Gasteiger partial charge in [0.1, 0.15) is 5.82 Å². The number of hydrogen-bond acceptors (Lipinski definition) is 2. The molecular formula is C10H7F4NO. The van der Waals surface area contributed by atoms with Gasteiger partial charge < -0.3 is 0 Å². The Bertz CT molecular complexity index is 435. The first-order valence-electron chi connectivity index (χ1n) is 4.30. The Labute approximate surface area is 88.6 Å². The molecule has 2 nitrogen and oxygen atoms in total. The Morgan fingerprint density at radius 1 is 1.38 bits per heavy atom. The van der Waals surface area contributed by atoms with Crippen molar-refractivity contribution >= 4 is 6.08 Å². The Morgan fingerprint density at radius 2 is 2.00 bits per heavy atom. The molecule has 86 valence electrons. The summed E-state index contributed by atoms with van der Waals surface area (Å²) in [5.41, 5.74) is -1.25. The fourth-order valence-corrected chi connectivity index (χ4v) is 1.17. The van der Waals surface area contributed by atoms with E-state index in [9.17, 15) is 22.4 Å². The van der Waals surface area contributed by atoms with Crippen LogP contribution >= 0.6 is 0 Å². The van der Waals surface area contributed by atoms with Crippen LogP contribution in [0.4, 0.5) is 17.6 Å². The van der Waals surface area contributed by atoms with Gasteiger partial charge in [0.15, 0.2) is 0 Å². The van der Waals surface area contributed by atoms with Crippen LogP contribution in [0.15, 0.2) is 23.2 Å². The first-order chi connectivity index (χ1) is 7.36. The summed E-state index contributed by atoms with van der Waals surface area (Å²) in [6, 6.07) is 1.71. The second-order valence-electron chi connectivity index (χ2n) is 3.13. The van der Waals surface area contributed by atoms with Crippen LogP contribution in [0.2, 0.25) is 0 Å². The first kappa shape index (κ1) is 12.4. The van der Waals surface area contributed by atoms with E-state index in [0.717, 1.165) is 6.07 Å². The lowest BCUT2D eigenvalue weighted by atomic mass is 10.0. The van der Waals surface area contributed by atoms with Crippen molar-refractivity contribution in [2.45, 2.75) is 19.1 Å². The summed E-state index contributed by atoms with van der Waals surface area (Å²) in [5.74, 6) is -1.35. The van der Waals surface area contributed by atoms with Gasteiger partial charge in [0.25, 0.3) is 0 Å². The minimum Gasteiger partial charge on any atom is -0.211 e. The number of carbonyl (C=O) groups excluding carboxylic acids is 1. The van der Waals surface area contributed by atoms with E-state index < -0.39 is 23.6 Å². The molecule has 0 amide bonds. The highest BCUT2D eigenvalue weighted by Crippen LogP contribution is 2.33. The summed E-state index contributed by atoms with van der Waals surface area (Å²) in [5, 5.41) is 0. The van der Waals surface area contributed by atoms with E-state index in [0.29, 0.717) is 12.1 Å². The highest BCUT2D eigenvalue weighted by Gasteiger charge is 2.34. The molecule has 0 radical (unpaired) electrons. The quantitative estimate of drug-likeness (QED) is 0.438. The number of hydrogen-bond donors (Lipinski definition) is 0. The zero-order valence-electron chi connectivity index (χ0n) is 8.18. The maximum atomic E-state index is 12.9. The third-order valence-electron chi connectivity index (χ3n) is 2.02. The number of halogens is 4. The van der Waals surface area contributed by atoms with Crippen LogP contribution in [0, 0.1) is 5.82 Å². The topological polar surface area (TPSA) is 29.4 Å². The molecule has 1 aromatic carbocycles. The van der Waals surface area contributed by atoms with Crippen molar-refractivity contribution in [3.63, 3.8) is 0 Å². The van der Waals surface area contributed by atoms with E-state index in [4.69, 9.17) is 0 Å². The predicted molar refractivity (Wildman–Crippen MR) is 47.9 cm³/mol. The lowest BCUT2D eigenvalue weighted by molar-refractivity contribution is -0.140. The zero-order chi connectivity index (χ0) is 12.3. The molecule has 6 heteroatoms. The summed E-state index contributed by atoms with van der Waals surface area (Å²) >= 11 is 0. The smallest absolute Gasteiger partial charge is 0.211 e. The fourth-order valence-electron chi connectivity index (χ4n) is 1.17. The van der Waals surface area contributed by atoms with Gasteiger partial charge in [0, 0.05) is 0 Å². The van der Waals surface area contributed by atoms with Gasteiger partial charge in [-0.1, -0.05) is 6.07 Å². The summed E-state index contributed by atoms with van der Waals surface area (Å²) in [6.07, 6.45) is -3.52. The minimum atomic E-state index is -4.76. The summed E-state index contributed by atoms with van der Waals surface area (Å²) in [6.45, 7) is 1.41. The molecule has 1 unspecified atom stereocenters. The molecule has 16 heavy (non-hydrogen) atoms. The summed E-state index contributed by atoms with van der Waals surface area (Å²) in [4.78, 5) is 13.2. The molecule has 0 saturated heterocycles. The molecule has 0 aliphatic carbocycles. The van der Waals surface area contributed by atoms with Gasteiger partial charge in [-0.15, -0.1) is 0 Å². The summed E-state index contributed by atoms with van der Waals surface area (Å²) < 4.78 is 49.9. The van der Waals surface area contributed by atoms with Crippen molar-refractivity contribution in [1.29, 1.82) is 0 Å². The van der Waals surface area contributed by atoms with E-state index in [2.05, 4.69) is 4.99 Å². The van der Waals surface area contributed by atoms with E-state index >= 15 is 0 Å². The lowest BCUT2D eigenvalue weighted by Crippen LogP contribution is -2.09. The van der Waals surface area contributed by atoms with E-state index in [1.54, 1.807) is 0 Å². The molecule has 0 N–H and O–H groups in total. The van der Waals surface area contributed by atoms with Crippen molar-refractivity contribution in [2.24, 2.45) is 4.99 Å². The number of alkyl halides is 3. The number of rotatable bonds is 2. The van der Waals surface area contributed by atoms with Gasteiger partial charge in [-0.05, 0) is 24.6 Å². The van der Waals surface area contributed by atoms with Crippen LogP contribution in [0.3, 0.4) is 0 Å². The molecular weight excluding hydrogens is 226 g/mol. The molecule has 0 heterocycles. The average Bonchev–Trinajstić information content (AvgIpc) is 2.16. The monoisotopic (exact) mass is 233 g/mol. The van der Waals surface area contributed by atoms with Gasteiger partial charge in [-0.25, -0.2) is 9.18 Å². The van der Waals surface area contributed by atoms with Crippen molar-refractivity contribution in [1.82, 2.24) is 0 Å². The van der Waals surface area contributed by atoms with Gasteiger partial charge >= 0.3 is 6.18 Å². The largest absolute Gasteiger partial charge is 0.419 e. The second-order valence-corrected chi connectivity index (χ2v) is 3.13.